The molecule has 0 aromatic heterocycles. The van der Waals surface area contributed by atoms with E-state index in [0.717, 1.165) is 18.7 Å². The standard InChI is InChI=1S/C24H34N2O2/c1-18-12-10-11-15-21(18)22(26(6)23(27)28-24(3,4)5)19(2)16-25-17-20-13-8-7-9-14-20/h7-15,19,22,25H,16-17H2,1-6H3/t19-,22?/m0/s1. The van der Waals surface area contributed by atoms with Crippen molar-refractivity contribution in [3.63, 3.8) is 0 Å². The van der Waals surface area contributed by atoms with Crippen LogP contribution in [0.5, 0.6) is 0 Å². The monoisotopic (exact) mass is 382 g/mol. The molecule has 0 aliphatic heterocycles. The second-order valence-corrected chi connectivity index (χ2v) is 8.49. The summed E-state index contributed by atoms with van der Waals surface area (Å²) in [4.78, 5) is 14.5. The largest absolute Gasteiger partial charge is 0.444 e. The van der Waals surface area contributed by atoms with E-state index in [1.54, 1.807) is 4.90 Å². The van der Waals surface area contributed by atoms with Gasteiger partial charge in [0.25, 0.3) is 0 Å². The number of amides is 1. The normalized spacial score (nSPS) is 13.6. The Morgan fingerprint density at radius 3 is 2.29 bits per heavy atom. The Hall–Kier alpha value is -2.33. The van der Waals surface area contributed by atoms with Crippen molar-refractivity contribution >= 4 is 6.09 Å². The van der Waals surface area contributed by atoms with Gasteiger partial charge in [-0.05, 0) is 50.3 Å². The summed E-state index contributed by atoms with van der Waals surface area (Å²) >= 11 is 0. The Morgan fingerprint density at radius 1 is 1.07 bits per heavy atom. The highest BCUT2D eigenvalue weighted by molar-refractivity contribution is 5.68. The third kappa shape index (κ3) is 6.38. The number of hydrogen-bond donors (Lipinski definition) is 1. The van der Waals surface area contributed by atoms with Crippen LogP contribution in [-0.2, 0) is 11.3 Å². The van der Waals surface area contributed by atoms with Crippen LogP contribution in [0.15, 0.2) is 54.6 Å². The number of nitrogens with one attached hydrogen (secondary N) is 1. The molecule has 1 unspecified atom stereocenters. The molecule has 2 aromatic rings. The fourth-order valence-corrected chi connectivity index (χ4v) is 3.41. The van der Waals surface area contributed by atoms with Crippen LogP contribution in [0.1, 0.15) is 50.4 Å². The summed E-state index contributed by atoms with van der Waals surface area (Å²) in [6.45, 7) is 11.6. The van der Waals surface area contributed by atoms with Crippen molar-refractivity contribution in [2.24, 2.45) is 5.92 Å². The Labute approximate surface area is 169 Å². The third-order valence-electron chi connectivity index (χ3n) is 4.78. The molecule has 0 aliphatic rings. The topological polar surface area (TPSA) is 41.6 Å². The van der Waals surface area contributed by atoms with Gasteiger partial charge in [-0.25, -0.2) is 4.79 Å². The van der Waals surface area contributed by atoms with Gasteiger partial charge in [-0.1, -0.05) is 61.5 Å². The minimum atomic E-state index is -0.517. The molecule has 0 saturated heterocycles. The maximum Gasteiger partial charge on any atom is 0.410 e. The van der Waals surface area contributed by atoms with E-state index >= 15 is 0 Å². The highest BCUT2D eigenvalue weighted by Crippen LogP contribution is 2.31. The van der Waals surface area contributed by atoms with Crippen LogP contribution < -0.4 is 5.32 Å². The quantitative estimate of drug-likeness (QED) is 0.704. The smallest absolute Gasteiger partial charge is 0.410 e. The van der Waals surface area contributed by atoms with Crippen LogP contribution in [0.25, 0.3) is 0 Å². The number of benzene rings is 2. The molecule has 0 spiro atoms. The van der Waals surface area contributed by atoms with Gasteiger partial charge in [0, 0.05) is 20.1 Å². The van der Waals surface area contributed by atoms with Crippen molar-refractivity contribution in [2.45, 2.75) is 52.8 Å². The van der Waals surface area contributed by atoms with Gasteiger partial charge >= 0.3 is 6.09 Å². The van der Waals surface area contributed by atoms with E-state index in [1.807, 2.05) is 58.2 Å². The number of nitrogens with zero attached hydrogens (tertiary/aromatic N) is 1. The SMILES string of the molecule is Cc1ccccc1C([C@@H](C)CNCc1ccccc1)N(C)C(=O)OC(C)(C)C. The van der Waals surface area contributed by atoms with E-state index in [1.165, 1.54) is 11.1 Å². The Bertz CT molecular complexity index is 753. The Kier molecular flexibility index (Phi) is 7.64. The summed E-state index contributed by atoms with van der Waals surface area (Å²) in [5, 5.41) is 3.53. The minimum absolute atomic E-state index is 0.0701. The highest BCUT2D eigenvalue weighted by atomic mass is 16.6. The van der Waals surface area contributed by atoms with E-state index in [4.69, 9.17) is 4.74 Å². The average Bonchev–Trinajstić information content (AvgIpc) is 2.63. The molecule has 0 heterocycles. The van der Waals surface area contributed by atoms with Crippen molar-refractivity contribution in [2.75, 3.05) is 13.6 Å². The third-order valence-corrected chi connectivity index (χ3v) is 4.78. The summed E-state index contributed by atoms with van der Waals surface area (Å²) < 4.78 is 5.63. The number of ether oxygens (including phenoxy) is 1. The number of rotatable bonds is 7. The molecule has 2 atom stereocenters. The first kappa shape index (κ1) is 22.0. The summed E-state index contributed by atoms with van der Waals surface area (Å²) in [6, 6.07) is 18.5. The zero-order chi connectivity index (χ0) is 20.7. The van der Waals surface area contributed by atoms with E-state index in [-0.39, 0.29) is 18.1 Å². The fourth-order valence-electron chi connectivity index (χ4n) is 3.41. The lowest BCUT2D eigenvalue weighted by Crippen LogP contribution is -2.41. The lowest BCUT2D eigenvalue weighted by molar-refractivity contribution is 0.0167. The molecule has 4 heteroatoms. The van der Waals surface area contributed by atoms with Gasteiger partial charge < -0.3 is 15.0 Å². The molecule has 0 saturated carbocycles. The van der Waals surface area contributed by atoms with Crippen LogP contribution in [0.3, 0.4) is 0 Å². The van der Waals surface area contributed by atoms with Gasteiger partial charge in [-0.15, -0.1) is 0 Å². The second kappa shape index (κ2) is 9.74. The second-order valence-electron chi connectivity index (χ2n) is 8.49. The van der Waals surface area contributed by atoms with Crippen LogP contribution in [0.2, 0.25) is 0 Å². The van der Waals surface area contributed by atoms with Crippen molar-refractivity contribution in [1.82, 2.24) is 10.2 Å². The Morgan fingerprint density at radius 2 is 1.68 bits per heavy atom. The first-order valence-electron chi connectivity index (χ1n) is 9.95. The molecule has 28 heavy (non-hydrogen) atoms. The fraction of sp³-hybridized carbons (Fsp3) is 0.458. The van der Waals surface area contributed by atoms with Crippen LogP contribution in [0, 0.1) is 12.8 Å². The molecule has 2 rings (SSSR count). The number of carbonyl (C=O) groups is 1. The molecular formula is C24H34N2O2. The number of aryl methyl sites for hydroxylation is 1. The van der Waals surface area contributed by atoms with Crippen molar-refractivity contribution < 1.29 is 9.53 Å². The van der Waals surface area contributed by atoms with Gasteiger partial charge in [-0.3, -0.25) is 0 Å². The van der Waals surface area contributed by atoms with E-state index in [9.17, 15) is 4.79 Å². The summed E-state index contributed by atoms with van der Waals surface area (Å²) in [6.07, 6.45) is -0.296. The number of carbonyl (C=O) groups excluding carboxylic acids is 1. The molecule has 0 radical (unpaired) electrons. The maximum absolute atomic E-state index is 12.8. The van der Waals surface area contributed by atoms with Crippen molar-refractivity contribution in [3.05, 3.63) is 71.3 Å². The maximum atomic E-state index is 12.8. The predicted octanol–water partition coefficient (Wildman–Crippen LogP) is 5.33. The summed E-state index contributed by atoms with van der Waals surface area (Å²) in [5.74, 6) is 0.210. The van der Waals surface area contributed by atoms with Gasteiger partial charge in [0.2, 0.25) is 0 Å². The molecule has 0 aliphatic carbocycles. The first-order chi connectivity index (χ1) is 13.2. The summed E-state index contributed by atoms with van der Waals surface area (Å²) in [5.41, 5.74) is 3.07. The zero-order valence-electron chi connectivity index (χ0n) is 18.0. The summed E-state index contributed by atoms with van der Waals surface area (Å²) in [7, 11) is 1.83. The molecule has 1 amide bonds. The Balaban J connectivity index is 2.15. The average molecular weight is 383 g/mol. The van der Waals surface area contributed by atoms with Crippen molar-refractivity contribution in [1.29, 1.82) is 0 Å². The zero-order valence-corrected chi connectivity index (χ0v) is 18.0. The molecule has 0 bridgehead atoms. The minimum Gasteiger partial charge on any atom is -0.444 e. The molecule has 152 valence electrons. The van der Waals surface area contributed by atoms with Crippen molar-refractivity contribution in [3.8, 4) is 0 Å². The van der Waals surface area contributed by atoms with Gasteiger partial charge in [0.1, 0.15) is 5.60 Å². The van der Waals surface area contributed by atoms with Gasteiger partial charge in [-0.2, -0.15) is 0 Å². The highest BCUT2D eigenvalue weighted by Gasteiger charge is 2.31. The molecule has 4 nitrogen and oxygen atoms in total. The van der Waals surface area contributed by atoms with Crippen LogP contribution in [0.4, 0.5) is 4.79 Å². The first-order valence-corrected chi connectivity index (χ1v) is 9.95. The van der Waals surface area contributed by atoms with E-state index in [0.29, 0.717) is 0 Å². The van der Waals surface area contributed by atoms with E-state index < -0.39 is 5.60 Å². The molecular weight excluding hydrogens is 348 g/mol. The molecule has 0 fully saturated rings. The van der Waals surface area contributed by atoms with Gasteiger partial charge in [0.15, 0.2) is 0 Å². The number of hydrogen-bond acceptors (Lipinski definition) is 3. The van der Waals surface area contributed by atoms with Gasteiger partial charge in [0.05, 0.1) is 6.04 Å². The molecule has 2 aromatic carbocycles. The van der Waals surface area contributed by atoms with E-state index in [2.05, 4.69) is 43.4 Å². The lowest BCUT2D eigenvalue weighted by atomic mass is 9.90. The lowest BCUT2D eigenvalue weighted by Gasteiger charge is -2.35. The molecule has 1 N–H and O–H groups in total. The van der Waals surface area contributed by atoms with Crippen LogP contribution >= 0.6 is 0 Å². The van der Waals surface area contributed by atoms with Crippen LogP contribution in [-0.4, -0.2) is 30.2 Å². The predicted molar refractivity (Wildman–Crippen MR) is 115 cm³/mol.